The van der Waals surface area contributed by atoms with Gasteiger partial charge in [-0.05, 0) is 30.4 Å². The van der Waals surface area contributed by atoms with Gasteiger partial charge in [-0.25, -0.2) is 4.98 Å². The summed E-state index contributed by atoms with van der Waals surface area (Å²) in [4.78, 5) is 30.4. The zero-order valence-electron chi connectivity index (χ0n) is 15.8. The monoisotopic (exact) mass is 380 g/mol. The third-order valence-corrected chi connectivity index (χ3v) is 5.30. The number of carbonyl (C=O) groups excluding carboxylic acids is 2. The van der Waals surface area contributed by atoms with Crippen molar-refractivity contribution in [3.63, 3.8) is 0 Å². The molecule has 2 aliphatic heterocycles. The van der Waals surface area contributed by atoms with E-state index in [-0.39, 0.29) is 24.7 Å². The Labute approximate surface area is 164 Å². The van der Waals surface area contributed by atoms with Gasteiger partial charge in [-0.3, -0.25) is 9.59 Å². The highest BCUT2D eigenvalue weighted by Gasteiger charge is 2.26. The number of nitrogens with zero attached hydrogens (tertiary/aromatic N) is 2. The van der Waals surface area contributed by atoms with Gasteiger partial charge in [0.15, 0.2) is 5.78 Å². The van der Waals surface area contributed by atoms with Crippen molar-refractivity contribution >= 4 is 11.7 Å². The molecule has 146 valence electrons. The highest BCUT2D eigenvalue weighted by Crippen LogP contribution is 2.24. The number of fused-ring (bicyclic) bond motifs is 1. The fraction of sp³-hybridized carbons (Fsp3) is 0.409. The zero-order chi connectivity index (χ0) is 19.3. The SMILES string of the molecule is O=C1COc2ncc(C(=O)N3CCC(COCc4ccccc4)CC3)cc2C1. The van der Waals surface area contributed by atoms with Crippen LogP contribution in [0.25, 0.3) is 0 Å². The van der Waals surface area contributed by atoms with Gasteiger partial charge in [0.25, 0.3) is 5.91 Å². The van der Waals surface area contributed by atoms with Crippen LogP contribution >= 0.6 is 0 Å². The van der Waals surface area contributed by atoms with Crippen LogP contribution in [0.3, 0.4) is 0 Å². The molecule has 28 heavy (non-hydrogen) atoms. The summed E-state index contributed by atoms with van der Waals surface area (Å²) in [5.74, 6) is 0.915. The van der Waals surface area contributed by atoms with Crippen molar-refractivity contribution in [2.45, 2.75) is 25.9 Å². The number of carbonyl (C=O) groups is 2. The summed E-state index contributed by atoms with van der Waals surface area (Å²) in [7, 11) is 0. The Morgan fingerprint density at radius 2 is 2.00 bits per heavy atom. The van der Waals surface area contributed by atoms with Gasteiger partial charge in [-0.15, -0.1) is 0 Å². The molecule has 0 radical (unpaired) electrons. The largest absolute Gasteiger partial charge is 0.469 e. The van der Waals surface area contributed by atoms with E-state index in [2.05, 4.69) is 17.1 Å². The van der Waals surface area contributed by atoms with Crippen molar-refractivity contribution in [2.75, 3.05) is 26.3 Å². The standard InChI is InChI=1S/C22H24N2O4/c25-20-11-18-10-19(12-23-21(18)28-15-20)22(26)24-8-6-17(7-9-24)14-27-13-16-4-2-1-3-5-16/h1-5,10,12,17H,6-9,11,13-15H2. The lowest BCUT2D eigenvalue weighted by atomic mass is 9.97. The van der Waals surface area contributed by atoms with Crippen LogP contribution in [0.15, 0.2) is 42.6 Å². The quantitative estimate of drug-likeness (QED) is 0.798. The van der Waals surface area contributed by atoms with Gasteiger partial charge < -0.3 is 14.4 Å². The maximum Gasteiger partial charge on any atom is 0.255 e. The van der Waals surface area contributed by atoms with Crippen molar-refractivity contribution in [3.05, 3.63) is 59.3 Å². The lowest BCUT2D eigenvalue weighted by Gasteiger charge is -2.32. The topological polar surface area (TPSA) is 68.7 Å². The first-order valence-electron chi connectivity index (χ1n) is 9.73. The minimum Gasteiger partial charge on any atom is -0.469 e. The molecule has 0 aliphatic carbocycles. The van der Waals surface area contributed by atoms with E-state index >= 15 is 0 Å². The first-order chi connectivity index (χ1) is 13.7. The van der Waals surface area contributed by atoms with Gasteiger partial charge in [0, 0.05) is 37.9 Å². The summed E-state index contributed by atoms with van der Waals surface area (Å²) < 4.78 is 11.2. The number of pyridine rings is 1. The molecule has 0 N–H and O–H groups in total. The van der Waals surface area contributed by atoms with E-state index in [1.54, 1.807) is 12.3 Å². The zero-order valence-corrected chi connectivity index (χ0v) is 15.8. The van der Waals surface area contributed by atoms with Crippen LogP contribution < -0.4 is 4.74 Å². The normalized spacial score (nSPS) is 17.1. The van der Waals surface area contributed by atoms with Gasteiger partial charge in [0.1, 0.15) is 6.61 Å². The summed E-state index contributed by atoms with van der Waals surface area (Å²) >= 11 is 0. The fourth-order valence-electron chi connectivity index (χ4n) is 3.69. The van der Waals surface area contributed by atoms with E-state index in [1.165, 1.54) is 5.56 Å². The van der Waals surface area contributed by atoms with Crippen molar-refractivity contribution in [1.82, 2.24) is 9.88 Å². The Balaban J connectivity index is 1.27. The molecule has 3 heterocycles. The van der Waals surface area contributed by atoms with Gasteiger partial charge in [0.2, 0.25) is 5.88 Å². The predicted octanol–water partition coefficient (Wildman–Crippen LogP) is 2.65. The Kier molecular flexibility index (Phi) is 5.67. The molecule has 0 atom stereocenters. The Morgan fingerprint density at radius 1 is 1.21 bits per heavy atom. The Bertz CT molecular complexity index is 845. The van der Waals surface area contributed by atoms with Crippen LogP contribution in [0.1, 0.15) is 34.3 Å². The van der Waals surface area contributed by atoms with Gasteiger partial charge in [-0.1, -0.05) is 30.3 Å². The number of Topliss-reactive ketones (excluding diaryl/α,β-unsaturated/α-hetero) is 1. The number of rotatable bonds is 5. The third-order valence-electron chi connectivity index (χ3n) is 5.30. The number of ketones is 1. The second-order valence-electron chi connectivity index (χ2n) is 7.43. The Hall–Kier alpha value is -2.73. The van der Waals surface area contributed by atoms with E-state index in [4.69, 9.17) is 9.47 Å². The maximum atomic E-state index is 12.8. The minimum atomic E-state index is -0.0306. The molecule has 0 spiro atoms. The first kappa shape index (κ1) is 18.6. The third kappa shape index (κ3) is 4.39. The van der Waals surface area contributed by atoms with E-state index in [1.807, 2.05) is 23.1 Å². The molecule has 2 aromatic rings. The van der Waals surface area contributed by atoms with Crippen molar-refractivity contribution < 1.29 is 19.1 Å². The van der Waals surface area contributed by atoms with E-state index < -0.39 is 0 Å². The molecule has 2 aliphatic rings. The number of piperidine rings is 1. The highest BCUT2D eigenvalue weighted by molar-refractivity contribution is 5.95. The van der Waals surface area contributed by atoms with Crippen LogP contribution in [0, 0.1) is 5.92 Å². The average molecular weight is 380 g/mol. The van der Waals surface area contributed by atoms with Crippen LogP contribution in [0.5, 0.6) is 5.88 Å². The van der Waals surface area contributed by atoms with Crippen LogP contribution in [-0.2, 0) is 22.6 Å². The number of hydrogen-bond donors (Lipinski definition) is 0. The molecule has 1 amide bonds. The summed E-state index contributed by atoms with van der Waals surface area (Å²) in [6.07, 6.45) is 3.69. The summed E-state index contributed by atoms with van der Waals surface area (Å²) in [5.41, 5.74) is 2.40. The van der Waals surface area contributed by atoms with E-state index in [0.29, 0.717) is 42.6 Å². The minimum absolute atomic E-state index is 0.00946. The van der Waals surface area contributed by atoms with Gasteiger partial charge in [-0.2, -0.15) is 0 Å². The highest BCUT2D eigenvalue weighted by atomic mass is 16.5. The predicted molar refractivity (Wildman–Crippen MR) is 103 cm³/mol. The molecular weight excluding hydrogens is 356 g/mol. The fourth-order valence-corrected chi connectivity index (χ4v) is 3.69. The molecule has 4 rings (SSSR count). The molecular formula is C22H24N2O4. The molecule has 1 saturated heterocycles. The summed E-state index contributed by atoms with van der Waals surface area (Å²) in [5, 5.41) is 0. The average Bonchev–Trinajstić information content (AvgIpc) is 2.74. The lowest BCUT2D eigenvalue weighted by molar-refractivity contribution is -0.121. The molecule has 0 bridgehead atoms. The number of ether oxygens (including phenoxy) is 2. The summed E-state index contributed by atoms with van der Waals surface area (Å²) in [6, 6.07) is 11.9. The van der Waals surface area contributed by atoms with Crippen LogP contribution in [-0.4, -0.2) is 47.9 Å². The maximum absolute atomic E-state index is 12.8. The van der Waals surface area contributed by atoms with Crippen molar-refractivity contribution in [2.24, 2.45) is 5.92 Å². The number of aromatic nitrogens is 1. The van der Waals surface area contributed by atoms with Crippen molar-refractivity contribution in [3.8, 4) is 5.88 Å². The van der Waals surface area contributed by atoms with E-state index in [9.17, 15) is 9.59 Å². The molecule has 6 nitrogen and oxygen atoms in total. The number of amides is 1. The first-order valence-corrected chi connectivity index (χ1v) is 9.73. The second kappa shape index (κ2) is 8.52. The molecule has 6 heteroatoms. The number of benzene rings is 1. The molecule has 0 unspecified atom stereocenters. The van der Waals surface area contributed by atoms with E-state index in [0.717, 1.165) is 19.4 Å². The van der Waals surface area contributed by atoms with Crippen LogP contribution in [0.2, 0.25) is 0 Å². The molecule has 1 aromatic carbocycles. The number of likely N-dealkylation sites (tertiary alicyclic amines) is 1. The smallest absolute Gasteiger partial charge is 0.255 e. The molecule has 0 saturated carbocycles. The molecule has 1 fully saturated rings. The van der Waals surface area contributed by atoms with Crippen molar-refractivity contribution in [1.29, 1.82) is 0 Å². The Morgan fingerprint density at radius 3 is 2.79 bits per heavy atom. The van der Waals surface area contributed by atoms with Gasteiger partial charge in [0.05, 0.1) is 12.2 Å². The lowest BCUT2D eigenvalue weighted by Crippen LogP contribution is -2.39. The number of hydrogen-bond acceptors (Lipinski definition) is 5. The van der Waals surface area contributed by atoms with Crippen LogP contribution in [0.4, 0.5) is 0 Å². The second-order valence-corrected chi connectivity index (χ2v) is 7.43. The van der Waals surface area contributed by atoms with Gasteiger partial charge >= 0.3 is 0 Å². The molecule has 1 aromatic heterocycles. The summed E-state index contributed by atoms with van der Waals surface area (Å²) in [6.45, 7) is 2.83.